The van der Waals surface area contributed by atoms with Gasteiger partial charge in [0, 0.05) is 35.0 Å². The Balaban J connectivity index is 2.45. The Bertz CT molecular complexity index is 439. The Hall–Kier alpha value is -1.34. The van der Waals surface area contributed by atoms with Crippen molar-refractivity contribution in [2.24, 2.45) is 0 Å². The van der Waals surface area contributed by atoms with Crippen molar-refractivity contribution >= 4 is 16.8 Å². The van der Waals surface area contributed by atoms with Crippen molar-refractivity contribution in [3.8, 4) is 0 Å². The quantitative estimate of drug-likeness (QED) is 0.698. The van der Waals surface area contributed by atoms with E-state index in [9.17, 15) is 9.00 Å². The molecule has 0 saturated heterocycles. The second-order valence-electron chi connectivity index (χ2n) is 3.96. The summed E-state index contributed by atoms with van der Waals surface area (Å²) in [6.07, 6.45) is 5.07. The van der Waals surface area contributed by atoms with Gasteiger partial charge in [0.25, 0.3) is 0 Å². The summed E-state index contributed by atoms with van der Waals surface area (Å²) in [6.45, 7) is 2.96. The SMILES string of the molecule is CC(CCNCc1ncncc1C(=O)O)S(C)=O. The Morgan fingerprint density at radius 3 is 2.94 bits per heavy atom. The molecule has 18 heavy (non-hydrogen) atoms. The Kier molecular flexibility index (Phi) is 5.87. The molecule has 2 N–H and O–H groups in total. The van der Waals surface area contributed by atoms with Crippen LogP contribution < -0.4 is 5.32 Å². The van der Waals surface area contributed by atoms with Crippen molar-refractivity contribution in [2.75, 3.05) is 12.8 Å². The van der Waals surface area contributed by atoms with Crippen LogP contribution in [0.25, 0.3) is 0 Å². The molecule has 0 spiro atoms. The largest absolute Gasteiger partial charge is 0.478 e. The van der Waals surface area contributed by atoms with Gasteiger partial charge in [-0.25, -0.2) is 14.8 Å². The number of carboxylic acids is 1. The predicted molar refractivity (Wildman–Crippen MR) is 68.8 cm³/mol. The molecule has 2 unspecified atom stereocenters. The first-order valence-electron chi connectivity index (χ1n) is 5.57. The maximum atomic E-state index is 11.1. The van der Waals surface area contributed by atoms with Gasteiger partial charge in [0.1, 0.15) is 11.9 Å². The lowest BCUT2D eigenvalue weighted by Gasteiger charge is -2.09. The molecule has 1 rings (SSSR count). The lowest BCUT2D eigenvalue weighted by Crippen LogP contribution is -2.22. The Morgan fingerprint density at radius 1 is 1.61 bits per heavy atom. The zero-order valence-electron chi connectivity index (χ0n) is 10.4. The van der Waals surface area contributed by atoms with E-state index in [-0.39, 0.29) is 10.8 Å². The highest BCUT2D eigenvalue weighted by molar-refractivity contribution is 7.84. The van der Waals surface area contributed by atoms with Crippen molar-refractivity contribution < 1.29 is 14.1 Å². The molecule has 0 aliphatic heterocycles. The van der Waals surface area contributed by atoms with Gasteiger partial charge in [-0.1, -0.05) is 6.92 Å². The molecule has 1 aromatic heterocycles. The van der Waals surface area contributed by atoms with Crippen LogP contribution in [0.1, 0.15) is 29.4 Å². The number of hydrogen-bond donors (Lipinski definition) is 2. The second-order valence-corrected chi connectivity index (χ2v) is 5.76. The maximum Gasteiger partial charge on any atom is 0.339 e. The van der Waals surface area contributed by atoms with Gasteiger partial charge < -0.3 is 10.4 Å². The summed E-state index contributed by atoms with van der Waals surface area (Å²) in [7, 11) is -0.830. The molecule has 0 fully saturated rings. The third-order valence-corrected chi connectivity index (χ3v) is 3.98. The second kappa shape index (κ2) is 7.17. The third kappa shape index (κ3) is 4.50. The summed E-state index contributed by atoms with van der Waals surface area (Å²) in [6, 6.07) is 0. The van der Waals surface area contributed by atoms with Gasteiger partial charge in [-0.2, -0.15) is 0 Å². The Labute approximate surface area is 108 Å². The van der Waals surface area contributed by atoms with E-state index in [0.29, 0.717) is 18.8 Å². The van der Waals surface area contributed by atoms with Crippen molar-refractivity contribution in [1.82, 2.24) is 15.3 Å². The van der Waals surface area contributed by atoms with E-state index in [1.807, 2.05) is 6.92 Å². The molecule has 100 valence electrons. The number of aromatic nitrogens is 2. The van der Waals surface area contributed by atoms with Crippen molar-refractivity contribution in [3.63, 3.8) is 0 Å². The van der Waals surface area contributed by atoms with Crippen LogP contribution >= 0.6 is 0 Å². The lowest BCUT2D eigenvalue weighted by atomic mass is 10.2. The summed E-state index contributed by atoms with van der Waals surface area (Å²) in [5.41, 5.74) is 0.569. The van der Waals surface area contributed by atoms with Crippen molar-refractivity contribution in [1.29, 1.82) is 0 Å². The van der Waals surface area contributed by atoms with E-state index in [0.717, 1.165) is 6.42 Å². The molecule has 0 bridgehead atoms. The van der Waals surface area contributed by atoms with Gasteiger partial charge in [0.05, 0.1) is 5.69 Å². The maximum absolute atomic E-state index is 11.1. The summed E-state index contributed by atoms with van der Waals surface area (Å²) < 4.78 is 11.1. The van der Waals surface area contributed by atoms with E-state index < -0.39 is 16.8 Å². The van der Waals surface area contributed by atoms with Crippen LogP contribution in [0.5, 0.6) is 0 Å². The van der Waals surface area contributed by atoms with Gasteiger partial charge in [-0.05, 0) is 13.0 Å². The van der Waals surface area contributed by atoms with E-state index in [1.165, 1.54) is 12.5 Å². The summed E-state index contributed by atoms with van der Waals surface area (Å²) >= 11 is 0. The van der Waals surface area contributed by atoms with Gasteiger partial charge in [0.2, 0.25) is 0 Å². The first kappa shape index (κ1) is 14.7. The normalized spacial score (nSPS) is 14.1. The first-order valence-corrected chi connectivity index (χ1v) is 7.19. The molecule has 0 radical (unpaired) electrons. The number of carboxylic acid groups (broad SMARTS) is 1. The average molecular weight is 271 g/mol. The summed E-state index contributed by atoms with van der Waals surface area (Å²) in [4.78, 5) is 18.5. The number of aromatic carboxylic acids is 1. The van der Waals surface area contributed by atoms with Crippen LogP contribution in [0, 0.1) is 0 Å². The standard InChI is InChI=1S/C11H17N3O3S/c1-8(18(2)17)3-4-12-6-10-9(11(15)16)5-13-7-14-10/h5,7-8,12H,3-4,6H2,1-2H3,(H,15,16). The Morgan fingerprint density at radius 2 is 2.33 bits per heavy atom. The molecule has 2 atom stereocenters. The third-order valence-electron chi connectivity index (χ3n) is 2.61. The molecule has 0 amide bonds. The fourth-order valence-electron chi connectivity index (χ4n) is 1.35. The highest BCUT2D eigenvalue weighted by atomic mass is 32.2. The monoisotopic (exact) mass is 271 g/mol. The summed E-state index contributed by atoms with van der Waals surface area (Å²) in [5, 5.41) is 12.2. The topological polar surface area (TPSA) is 92.2 Å². The van der Waals surface area contributed by atoms with Crippen LogP contribution in [0.4, 0.5) is 0 Å². The zero-order chi connectivity index (χ0) is 13.5. The number of nitrogens with one attached hydrogen (secondary N) is 1. The number of nitrogens with zero attached hydrogens (tertiary/aromatic N) is 2. The number of hydrogen-bond acceptors (Lipinski definition) is 5. The lowest BCUT2D eigenvalue weighted by molar-refractivity contribution is 0.0694. The van der Waals surface area contributed by atoms with E-state index in [4.69, 9.17) is 5.11 Å². The van der Waals surface area contributed by atoms with E-state index in [1.54, 1.807) is 6.26 Å². The van der Waals surface area contributed by atoms with Crippen LogP contribution in [0.15, 0.2) is 12.5 Å². The van der Waals surface area contributed by atoms with Gasteiger partial charge in [0.15, 0.2) is 0 Å². The molecular formula is C11H17N3O3S. The predicted octanol–water partition coefficient (Wildman–Crippen LogP) is 0.421. The number of carbonyl (C=O) groups is 1. The van der Waals surface area contributed by atoms with Gasteiger partial charge in [-0.15, -0.1) is 0 Å². The summed E-state index contributed by atoms with van der Waals surface area (Å²) in [5.74, 6) is -1.03. The fraction of sp³-hybridized carbons (Fsp3) is 0.545. The van der Waals surface area contributed by atoms with Crippen molar-refractivity contribution in [2.45, 2.75) is 25.1 Å². The van der Waals surface area contributed by atoms with Gasteiger partial charge >= 0.3 is 5.97 Å². The molecule has 6 nitrogen and oxygen atoms in total. The average Bonchev–Trinajstić information content (AvgIpc) is 2.34. The highest BCUT2D eigenvalue weighted by Crippen LogP contribution is 2.03. The molecular weight excluding hydrogens is 254 g/mol. The molecule has 1 heterocycles. The first-order chi connectivity index (χ1) is 8.52. The molecule has 0 aliphatic carbocycles. The molecule has 7 heteroatoms. The number of rotatable bonds is 7. The van der Waals surface area contributed by atoms with Crippen LogP contribution in [-0.4, -0.2) is 43.3 Å². The minimum atomic E-state index is -1.03. The van der Waals surface area contributed by atoms with E-state index in [2.05, 4.69) is 15.3 Å². The molecule has 0 aliphatic rings. The zero-order valence-corrected chi connectivity index (χ0v) is 11.2. The molecule has 1 aromatic rings. The van der Waals surface area contributed by atoms with Crippen LogP contribution in [-0.2, 0) is 17.3 Å². The van der Waals surface area contributed by atoms with Gasteiger partial charge in [-0.3, -0.25) is 4.21 Å². The molecule has 0 aromatic carbocycles. The van der Waals surface area contributed by atoms with Crippen molar-refractivity contribution in [3.05, 3.63) is 23.8 Å². The van der Waals surface area contributed by atoms with Crippen LogP contribution in [0.2, 0.25) is 0 Å². The van der Waals surface area contributed by atoms with Crippen LogP contribution in [0.3, 0.4) is 0 Å². The smallest absolute Gasteiger partial charge is 0.339 e. The minimum absolute atomic E-state index is 0.108. The highest BCUT2D eigenvalue weighted by Gasteiger charge is 2.11. The fourth-order valence-corrected chi connectivity index (χ4v) is 1.80. The minimum Gasteiger partial charge on any atom is -0.478 e. The molecule has 0 saturated carbocycles. The van der Waals surface area contributed by atoms with E-state index >= 15 is 0 Å².